The van der Waals surface area contributed by atoms with E-state index in [-0.39, 0.29) is 5.91 Å². The van der Waals surface area contributed by atoms with E-state index in [2.05, 4.69) is 4.98 Å². The van der Waals surface area contributed by atoms with E-state index in [1.807, 2.05) is 30.0 Å². The van der Waals surface area contributed by atoms with Crippen LogP contribution in [0, 0.1) is 6.92 Å². The van der Waals surface area contributed by atoms with Gasteiger partial charge in [0, 0.05) is 35.7 Å². The molecule has 2 N–H and O–H groups in total. The third kappa shape index (κ3) is 2.11. The van der Waals surface area contributed by atoms with E-state index in [0.29, 0.717) is 11.4 Å². The van der Waals surface area contributed by atoms with Crippen LogP contribution >= 0.6 is 0 Å². The highest BCUT2D eigenvalue weighted by Gasteiger charge is 2.22. The molecule has 2 aromatic rings. The first-order valence-electron chi connectivity index (χ1n) is 7.11. The molecule has 0 radical (unpaired) electrons. The predicted octanol–water partition coefficient (Wildman–Crippen LogP) is 2.75. The number of aromatic nitrogens is 1. The Morgan fingerprint density at radius 3 is 2.70 bits per heavy atom. The second kappa shape index (κ2) is 5.12. The molecule has 0 saturated carbocycles. The number of anilines is 1. The quantitative estimate of drug-likeness (QED) is 0.810. The number of nitrogens with zero attached hydrogens (tertiary/aromatic N) is 2. The highest BCUT2D eigenvalue weighted by atomic mass is 16.2. The zero-order valence-corrected chi connectivity index (χ0v) is 11.7. The molecule has 1 aliphatic rings. The van der Waals surface area contributed by atoms with Gasteiger partial charge in [0.2, 0.25) is 0 Å². The number of benzene rings is 1. The fraction of sp³-hybridized carbons (Fsp3) is 0.375. The molecule has 104 valence electrons. The number of rotatable bonds is 1. The van der Waals surface area contributed by atoms with Crippen LogP contribution < -0.4 is 5.73 Å². The monoisotopic (exact) mass is 269 g/mol. The van der Waals surface area contributed by atoms with Crippen molar-refractivity contribution in [1.82, 2.24) is 9.88 Å². The van der Waals surface area contributed by atoms with Gasteiger partial charge in [-0.1, -0.05) is 6.07 Å². The van der Waals surface area contributed by atoms with Crippen molar-refractivity contribution in [2.75, 3.05) is 18.8 Å². The molecule has 1 fully saturated rings. The molecule has 20 heavy (non-hydrogen) atoms. The van der Waals surface area contributed by atoms with Crippen molar-refractivity contribution in [3.8, 4) is 0 Å². The molecule has 1 aromatic heterocycles. The van der Waals surface area contributed by atoms with E-state index >= 15 is 0 Å². The number of hydrogen-bond acceptors (Lipinski definition) is 3. The number of amides is 1. The van der Waals surface area contributed by atoms with Crippen molar-refractivity contribution in [2.45, 2.75) is 26.2 Å². The largest absolute Gasteiger partial charge is 0.398 e. The molecule has 4 heteroatoms. The van der Waals surface area contributed by atoms with E-state index in [4.69, 9.17) is 5.73 Å². The van der Waals surface area contributed by atoms with Crippen LogP contribution in [0.2, 0.25) is 0 Å². The molecule has 0 unspecified atom stereocenters. The van der Waals surface area contributed by atoms with Crippen molar-refractivity contribution in [3.63, 3.8) is 0 Å². The maximum absolute atomic E-state index is 12.7. The van der Waals surface area contributed by atoms with Gasteiger partial charge in [-0.2, -0.15) is 0 Å². The lowest BCUT2D eigenvalue weighted by Crippen LogP contribution is -2.36. The summed E-state index contributed by atoms with van der Waals surface area (Å²) in [7, 11) is 0. The van der Waals surface area contributed by atoms with E-state index in [1.165, 1.54) is 6.42 Å². The maximum atomic E-state index is 12.7. The Morgan fingerprint density at radius 2 is 1.95 bits per heavy atom. The van der Waals surface area contributed by atoms with Gasteiger partial charge in [0.25, 0.3) is 5.91 Å². The van der Waals surface area contributed by atoms with Crippen molar-refractivity contribution >= 4 is 22.4 Å². The molecule has 0 spiro atoms. The van der Waals surface area contributed by atoms with Crippen LogP contribution in [0.5, 0.6) is 0 Å². The lowest BCUT2D eigenvalue weighted by Gasteiger charge is -2.27. The van der Waals surface area contributed by atoms with Gasteiger partial charge < -0.3 is 10.6 Å². The lowest BCUT2D eigenvalue weighted by molar-refractivity contribution is 0.0720. The van der Waals surface area contributed by atoms with Crippen LogP contribution in [0.25, 0.3) is 10.8 Å². The Kier molecular flexibility index (Phi) is 3.30. The highest BCUT2D eigenvalue weighted by molar-refractivity contribution is 6.09. The fourth-order valence-corrected chi connectivity index (χ4v) is 2.90. The molecule has 0 aliphatic carbocycles. The molecule has 1 aromatic carbocycles. The number of carbonyl (C=O) groups is 1. The molecule has 3 rings (SSSR count). The summed E-state index contributed by atoms with van der Waals surface area (Å²) in [5, 5.41) is 1.81. The maximum Gasteiger partial charge on any atom is 0.273 e. The van der Waals surface area contributed by atoms with E-state index in [1.54, 1.807) is 6.20 Å². The fourth-order valence-electron chi connectivity index (χ4n) is 2.90. The van der Waals surface area contributed by atoms with Crippen molar-refractivity contribution in [2.24, 2.45) is 0 Å². The summed E-state index contributed by atoms with van der Waals surface area (Å²) in [5.74, 6) is 0.0315. The Morgan fingerprint density at radius 1 is 1.20 bits per heavy atom. The number of fused-ring (bicyclic) bond motifs is 1. The van der Waals surface area contributed by atoms with Crippen molar-refractivity contribution < 1.29 is 4.79 Å². The first-order chi connectivity index (χ1) is 9.68. The van der Waals surface area contributed by atoms with Gasteiger partial charge in [-0.05, 0) is 43.9 Å². The third-order valence-electron chi connectivity index (χ3n) is 4.02. The summed E-state index contributed by atoms with van der Waals surface area (Å²) in [4.78, 5) is 18.9. The SMILES string of the molecule is Cc1ccc(N)c2ccnc(C(=O)N3CCCCC3)c12. The van der Waals surface area contributed by atoms with Gasteiger partial charge in [0.05, 0.1) is 0 Å². The minimum Gasteiger partial charge on any atom is -0.398 e. The summed E-state index contributed by atoms with van der Waals surface area (Å²) >= 11 is 0. The minimum absolute atomic E-state index is 0.0315. The molecule has 1 amide bonds. The number of aryl methyl sites for hydroxylation is 1. The van der Waals surface area contributed by atoms with E-state index in [9.17, 15) is 4.79 Å². The van der Waals surface area contributed by atoms with Crippen LogP contribution in [0.4, 0.5) is 5.69 Å². The molecule has 1 saturated heterocycles. The van der Waals surface area contributed by atoms with Gasteiger partial charge in [0.1, 0.15) is 5.69 Å². The molecule has 4 nitrogen and oxygen atoms in total. The Balaban J connectivity index is 2.11. The minimum atomic E-state index is 0.0315. The number of likely N-dealkylation sites (tertiary alicyclic amines) is 1. The number of piperidine rings is 1. The second-order valence-corrected chi connectivity index (χ2v) is 5.41. The molecular formula is C16H19N3O. The molecule has 2 heterocycles. The van der Waals surface area contributed by atoms with Crippen LogP contribution in [0.3, 0.4) is 0 Å². The van der Waals surface area contributed by atoms with E-state index in [0.717, 1.165) is 42.3 Å². The topological polar surface area (TPSA) is 59.2 Å². The normalized spacial score (nSPS) is 15.6. The number of nitrogen functional groups attached to an aromatic ring is 1. The summed E-state index contributed by atoms with van der Waals surface area (Å²) in [6.45, 7) is 3.66. The standard InChI is InChI=1S/C16H19N3O/c1-11-5-6-13(17)12-7-8-18-15(14(11)12)16(20)19-9-3-2-4-10-19/h5-8H,2-4,9-10,17H2,1H3. The summed E-state index contributed by atoms with van der Waals surface area (Å²) < 4.78 is 0. The number of hydrogen-bond donors (Lipinski definition) is 1. The number of carbonyl (C=O) groups excluding carboxylic acids is 1. The van der Waals surface area contributed by atoms with Crippen molar-refractivity contribution in [3.05, 3.63) is 35.7 Å². The van der Waals surface area contributed by atoms with E-state index < -0.39 is 0 Å². The van der Waals surface area contributed by atoms with Crippen molar-refractivity contribution in [1.29, 1.82) is 0 Å². The van der Waals surface area contributed by atoms with Crippen LogP contribution in [0.15, 0.2) is 24.4 Å². The molecular weight excluding hydrogens is 250 g/mol. The van der Waals surface area contributed by atoms with Crippen LogP contribution in [-0.4, -0.2) is 28.9 Å². The number of pyridine rings is 1. The lowest BCUT2D eigenvalue weighted by atomic mass is 10.0. The Bertz CT molecular complexity index is 660. The van der Waals surface area contributed by atoms with Gasteiger partial charge >= 0.3 is 0 Å². The first kappa shape index (κ1) is 12.9. The smallest absolute Gasteiger partial charge is 0.273 e. The van der Waals surface area contributed by atoms with Crippen LogP contribution in [0.1, 0.15) is 35.3 Å². The average Bonchev–Trinajstić information content (AvgIpc) is 2.51. The Labute approximate surface area is 118 Å². The number of nitrogens with two attached hydrogens (primary N) is 1. The Hall–Kier alpha value is -2.10. The highest BCUT2D eigenvalue weighted by Crippen LogP contribution is 2.27. The summed E-state index contributed by atoms with van der Waals surface area (Å²) in [5.41, 5.74) is 8.30. The molecule has 0 atom stereocenters. The first-order valence-corrected chi connectivity index (χ1v) is 7.11. The molecule has 0 bridgehead atoms. The summed E-state index contributed by atoms with van der Waals surface area (Å²) in [6.07, 6.45) is 5.04. The zero-order chi connectivity index (χ0) is 14.1. The average molecular weight is 269 g/mol. The zero-order valence-electron chi connectivity index (χ0n) is 11.7. The van der Waals surface area contributed by atoms with Gasteiger partial charge in [0.15, 0.2) is 0 Å². The van der Waals surface area contributed by atoms with Crippen LogP contribution in [-0.2, 0) is 0 Å². The predicted molar refractivity (Wildman–Crippen MR) is 80.6 cm³/mol. The van der Waals surface area contributed by atoms with Gasteiger partial charge in [-0.3, -0.25) is 9.78 Å². The second-order valence-electron chi connectivity index (χ2n) is 5.41. The summed E-state index contributed by atoms with van der Waals surface area (Å²) in [6, 6.07) is 5.71. The third-order valence-corrected chi connectivity index (χ3v) is 4.02. The van der Waals surface area contributed by atoms with Gasteiger partial charge in [-0.25, -0.2) is 0 Å². The molecule has 1 aliphatic heterocycles. The van der Waals surface area contributed by atoms with Gasteiger partial charge in [-0.15, -0.1) is 0 Å².